The third kappa shape index (κ3) is 4.43. The lowest BCUT2D eigenvalue weighted by atomic mass is 10.1. The summed E-state index contributed by atoms with van der Waals surface area (Å²) in [4.78, 5) is 1.56. The van der Waals surface area contributed by atoms with E-state index in [1.54, 1.807) is 4.90 Å². The summed E-state index contributed by atoms with van der Waals surface area (Å²) in [7, 11) is 2.23. The maximum atomic E-state index is 6.34. The summed E-state index contributed by atoms with van der Waals surface area (Å²) in [5, 5.41) is 12.5. The van der Waals surface area contributed by atoms with E-state index >= 15 is 0 Å². The maximum Gasteiger partial charge on any atom is 0.101 e. The normalized spacial score (nSPS) is 15.4. The summed E-state index contributed by atoms with van der Waals surface area (Å²) in [6.07, 6.45) is 4.00. The number of hydrogen-bond donors (Lipinski definition) is 1. The number of benzene rings is 2. The Morgan fingerprint density at radius 1 is 1.07 bits per heavy atom. The minimum atomic E-state index is 0.630. The molecule has 28 heavy (non-hydrogen) atoms. The number of rotatable bonds is 5. The molecule has 2 aromatic carbocycles. The predicted octanol–water partition coefficient (Wildman–Crippen LogP) is 2.42. The van der Waals surface area contributed by atoms with Crippen LogP contribution < -0.4 is 4.90 Å². The third-order valence-corrected chi connectivity index (χ3v) is 5.45. The van der Waals surface area contributed by atoms with E-state index in [9.17, 15) is 0 Å². The third-order valence-electron chi connectivity index (χ3n) is 5.08. The van der Waals surface area contributed by atoms with Gasteiger partial charge in [0, 0.05) is 22.3 Å². The van der Waals surface area contributed by atoms with Crippen molar-refractivity contribution in [2.24, 2.45) is 5.10 Å². The highest BCUT2D eigenvalue weighted by atomic mass is 35.5. The Morgan fingerprint density at radius 2 is 1.79 bits per heavy atom. The molecule has 1 aromatic heterocycles. The van der Waals surface area contributed by atoms with Crippen LogP contribution in [0.3, 0.4) is 0 Å². The molecule has 4 rings (SSSR count). The van der Waals surface area contributed by atoms with Gasteiger partial charge in [-0.3, -0.25) is 9.69 Å². The summed E-state index contributed by atoms with van der Waals surface area (Å²) < 4.78 is 1.94. The fourth-order valence-corrected chi connectivity index (χ4v) is 3.57. The Hall–Kier alpha value is -2.63. The van der Waals surface area contributed by atoms with Gasteiger partial charge < -0.3 is 4.90 Å². The molecule has 0 amide bonds. The molecule has 0 bridgehead atoms. The van der Waals surface area contributed by atoms with Gasteiger partial charge in [0.05, 0.1) is 46.0 Å². The van der Waals surface area contributed by atoms with E-state index in [0.29, 0.717) is 6.54 Å². The zero-order valence-electron chi connectivity index (χ0n) is 16.1. The fourth-order valence-electron chi connectivity index (χ4n) is 3.37. The van der Waals surface area contributed by atoms with Gasteiger partial charge in [-0.1, -0.05) is 60.1 Å². The molecule has 6 heteroatoms. The second kappa shape index (κ2) is 8.59. The number of piperazine rings is 1. The van der Waals surface area contributed by atoms with Crippen LogP contribution in [0.25, 0.3) is 11.3 Å². The number of halogens is 1. The molecule has 1 N–H and O–H groups in total. The van der Waals surface area contributed by atoms with Crippen molar-refractivity contribution < 1.29 is 4.90 Å². The number of nitrogens with zero attached hydrogens (tertiary/aromatic N) is 4. The van der Waals surface area contributed by atoms with E-state index in [1.165, 1.54) is 0 Å². The lowest BCUT2D eigenvalue weighted by Gasteiger charge is -2.27. The van der Waals surface area contributed by atoms with Gasteiger partial charge in [0.2, 0.25) is 0 Å². The van der Waals surface area contributed by atoms with E-state index in [1.807, 2.05) is 53.4 Å². The monoisotopic (exact) mass is 394 g/mol. The maximum absolute atomic E-state index is 6.34. The summed E-state index contributed by atoms with van der Waals surface area (Å²) in [5.74, 6) is 0. The number of likely N-dealkylation sites (N-methyl/N-ethyl adjacent to an activating group) is 1. The average molecular weight is 395 g/mol. The van der Waals surface area contributed by atoms with Crippen molar-refractivity contribution in [3.05, 3.63) is 76.9 Å². The van der Waals surface area contributed by atoms with Crippen LogP contribution in [0.4, 0.5) is 0 Å². The predicted molar refractivity (Wildman–Crippen MR) is 114 cm³/mol. The number of aromatic nitrogens is 2. The molecule has 2 heterocycles. The fraction of sp³-hybridized carbons (Fsp3) is 0.273. The summed E-state index contributed by atoms with van der Waals surface area (Å²) >= 11 is 6.34. The van der Waals surface area contributed by atoms with E-state index in [4.69, 9.17) is 21.8 Å². The number of hydrazone groups is 1. The van der Waals surface area contributed by atoms with E-state index in [2.05, 4.69) is 30.4 Å². The van der Waals surface area contributed by atoms with Crippen molar-refractivity contribution in [2.75, 3.05) is 33.2 Å². The van der Waals surface area contributed by atoms with Gasteiger partial charge in [-0.2, -0.15) is 10.2 Å². The molecule has 0 spiro atoms. The topological polar surface area (TPSA) is 37.9 Å². The smallest absolute Gasteiger partial charge is 0.101 e. The Labute approximate surface area is 170 Å². The lowest BCUT2D eigenvalue weighted by molar-refractivity contribution is -0.884. The number of hydrogen-bond acceptors (Lipinski definition) is 3. The second-order valence-corrected chi connectivity index (χ2v) is 7.65. The highest BCUT2D eigenvalue weighted by Crippen LogP contribution is 2.22. The van der Waals surface area contributed by atoms with E-state index in [0.717, 1.165) is 53.6 Å². The highest BCUT2D eigenvalue weighted by molar-refractivity contribution is 6.31. The quantitative estimate of drug-likeness (QED) is 0.675. The Balaban J connectivity index is 1.62. The molecule has 144 valence electrons. The van der Waals surface area contributed by atoms with E-state index in [-0.39, 0.29) is 0 Å². The first-order valence-electron chi connectivity index (χ1n) is 9.65. The number of quaternary nitrogens is 1. The van der Waals surface area contributed by atoms with Crippen molar-refractivity contribution in [2.45, 2.75) is 6.54 Å². The van der Waals surface area contributed by atoms with Crippen LogP contribution in [0.15, 0.2) is 65.9 Å². The van der Waals surface area contributed by atoms with Crippen molar-refractivity contribution in [3.8, 4) is 11.3 Å². The zero-order chi connectivity index (χ0) is 19.3. The first-order chi connectivity index (χ1) is 13.7. The van der Waals surface area contributed by atoms with Crippen LogP contribution in [0, 0.1) is 0 Å². The molecular weight excluding hydrogens is 370 g/mol. The van der Waals surface area contributed by atoms with Crippen LogP contribution in [0.1, 0.15) is 11.1 Å². The van der Waals surface area contributed by atoms with Crippen molar-refractivity contribution >= 4 is 17.8 Å². The van der Waals surface area contributed by atoms with Crippen LogP contribution in [0.5, 0.6) is 0 Å². The van der Waals surface area contributed by atoms with Crippen LogP contribution >= 0.6 is 11.6 Å². The Bertz CT molecular complexity index is 943. The first kappa shape index (κ1) is 18.7. The second-order valence-electron chi connectivity index (χ2n) is 7.24. The van der Waals surface area contributed by atoms with E-state index < -0.39 is 0 Å². The SMILES string of the molecule is C[NH+]1CCN(/N=C\c2cn(Cc3ccccc3Cl)nc2-c2ccccc2)CC1. The van der Waals surface area contributed by atoms with Crippen molar-refractivity contribution in [1.29, 1.82) is 0 Å². The first-order valence-corrected chi connectivity index (χ1v) is 10.0. The van der Waals surface area contributed by atoms with Gasteiger partial charge in [-0.05, 0) is 11.6 Å². The lowest BCUT2D eigenvalue weighted by Crippen LogP contribution is -3.11. The molecule has 3 aromatic rings. The van der Waals surface area contributed by atoms with Gasteiger partial charge in [0.25, 0.3) is 0 Å². The van der Waals surface area contributed by atoms with Gasteiger partial charge in [-0.15, -0.1) is 0 Å². The van der Waals surface area contributed by atoms with Crippen molar-refractivity contribution in [1.82, 2.24) is 14.8 Å². The van der Waals surface area contributed by atoms with Crippen molar-refractivity contribution in [3.63, 3.8) is 0 Å². The Kier molecular flexibility index (Phi) is 5.74. The molecule has 0 radical (unpaired) electrons. The molecule has 0 unspecified atom stereocenters. The number of nitrogens with one attached hydrogen (secondary N) is 1. The standard InChI is InChI=1S/C22H24ClN5/c1-26-11-13-27(14-12-26)24-15-20-17-28(16-19-9-5-6-10-21(19)23)25-22(20)18-7-3-2-4-8-18/h2-10,15,17H,11-14,16H2,1H3/p+1/b24-15-. The molecule has 1 aliphatic heterocycles. The minimum Gasteiger partial charge on any atom is -0.334 e. The summed E-state index contributed by atoms with van der Waals surface area (Å²) in [6.45, 7) is 4.84. The molecule has 1 fully saturated rings. The van der Waals surface area contributed by atoms with Crippen LogP contribution in [0.2, 0.25) is 5.02 Å². The molecule has 0 atom stereocenters. The van der Waals surface area contributed by atoms with Gasteiger partial charge >= 0.3 is 0 Å². The molecular formula is C22H25ClN5+. The minimum absolute atomic E-state index is 0.630. The largest absolute Gasteiger partial charge is 0.334 e. The summed E-state index contributed by atoms with van der Waals surface area (Å²) in [6, 6.07) is 18.1. The Morgan fingerprint density at radius 3 is 2.54 bits per heavy atom. The molecule has 1 saturated heterocycles. The van der Waals surface area contributed by atoms with Gasteiger partial charge in [0.1, 0.15) is 5.69 Å². The zero-order valence-corrected chi connectivity index (χ0v) is 16.8. The highest BCUT2D eigenvalue weighted by Gasteiger charge is 2.15. The molecule has 0 aliphatic carbocycles. The molecule has 0 saturated carbocycles. The van der Waals surface area contributed by atoms with Gasteiger partial charge in [0.15, 0.2) is 0 Å². The summed E-state index contributed by atoms with van der Waals surface area (Å²) in [5.41, 5.74) is 4.10. The molecule has 5 nitrogen and oxygen atoms in total. The van der Waals surface area contributed by atoms with Gasteiger partial charge in [-0.25, -0.2) is 0 Å². The van der Waals surface area contributed by atoms with Crippen LogP contribution in [-0.4, -0.2) is 54.2 Å². The molecule has 1 aliphatic rings. The average Bonchev–Trinajstić information content (AvgIpc) is 3.13. The van der Waals surface area contributed by atoms with Crippen LogP contribution in [-0.2, 0) is 6.54 Å².